The predicted molar refractivity (Wildman–Crippen MR) is 71.2 cm³/mol. The van der Waals surface area contributed by atoms with Crippen molar-refractivity contribution in [3.05, 3.63) is 53.3 Å². The zero-order valence-corrected chi connectivity index (χ0v) is 11.2. The molecule has 0 unspecified atom stereocenters. The van der Waals surface area contributed by atoms with Crippen LogP contribution in [0.25, 0.3) is 0 Å². The summed E-state index contributed by atoms with van der Waals surface area (Å²) in [5, 5.41) is 0.448. The SMILES string of the molecule is COC(=O)c1cccc(Sc2ccnc(Cl)c2)c1. The largest absolute Gasteiger partial charge is 0.465 e. The molecule has 0 saturated carbocycles. The molecule has 2 aromatic rings. The monoisotopic (exact) mass is 279 g/mol. The number of halogens is 1. The molecule has 2 rings (SSSR count). The lowest BCUT2D eigenvalue weighted by Crippen LogP contribution is -2.00. The van der Waals surface area contributed by atoms with Gasteiger partial charge in [-0.1, -0.05) is 29.4 Å². The molecule has 0 saturated heterocycles. The number of hydrogen-bond donors (Lipinski definition) is 0. The van der Waals surface area contributed by atoms with Crippen LogP contribution in [-0.2, 0) is 4.74 Å². The van der Waals surface area contributed by atoms with E-state index in [0.29, 0.717) is 10.7 Å². The second-order valence-electron chi connectivity index (χ2n) is 3.44. The van der Waals surface area contributed by atoms with Gasteiger partial charge in [-0.25, -0.2) is 9.78 Å². The third-order valence-electron chi connectivity index (χ3n) is 2.19. The van der Waals surface area contributed by atoms with Gasteiger partial charge in [0.05, 0.1) is 12.7 Å². The zero-order chi connectivity index (χ0) is 13.0. The lowest BCUT2D eigenvalue weighted by atomic mass is 10.2. The van der Waals surface area contributed by atoms with Crippen molar-refractivity contribution >= 4 is 29.3 Å². The molecular formula is C13H10ClNO2S. The summed E-state index contributed by atoms with van der Waals surface area (Å²) in [6.07, 6.45) is 1.65. The molecule has 0 fully saturated rings. The van der Waals surface area contributed by atoms with Crippen LogP contribution in [-0.4, -0.2) is 18.1 Å². The molecule has 0 amide bonds. The molecule has 1 aromatic carbocycles. The van der Waals surface area contributed by atoms with Crippen LogP contribution in [0, 0.1) is 0 Å². The van der Waals surface area contributed by atoms with Gasteiger partial charge in [0.15, 0.2) is 0 Å². The van der Waals surface area contributed by atoms with E-state index in [1.165, 1.54) is 18.9 Å². The number of carbonyl (C=O) groups excluding carboxylic acids is 1. The van der Waals surface area contributed by atoms with Gasteiger partial charge < -0.3 is 4.74 Å². The molecule has 0 bridgehead atoms. The topological polar surface area (TPSA) is 39.2 Å². The van der Waals surface area contributed by atoms with E-state index < -0.39 is 0 Å². The van der Waals surface area contributed by atoms with E-state index >= 15 is 0 Å². The van der Waals surface area contributed by atoms with E-state index in [1.54, 1.807) is 24.4 Å². The quantitative estimate of drug-likeness (QED) is 0.635. The number of rotatable bonds is 3. The maximum Gasteiger partial charge on any atom is 0.337 e. The molecule has 18 heavy (non-hydrogen) atoms. The summed E-state index contributed by atoms with van der Waals surface area (Å²) in [4.78, 5) is 17.2. The van der Waals surface area contributed by atoms with E-state index in [2.05, 4.69) is 9.72 Å². The lowest BCUT2D eigenvalue weighted by molar-refractivity contribution is 0.0600. The number of aromatic nitrogens is 1. The van der Waals surface area contributed by atoms with Crippen molar-refractivity contribution in [3.8, 4) is 0 Å². The standard InChI is InChI=1S/C13H10ClNO2S/c1-17-13(16)9-3-2-4-10(7-9)18-11-5-6-15-12(14)8-11/h2-8H,1H3. The Morgan fingerprint density at radius 2 is 2.06 bits per heavy atom. The van der Waals surface area contributed by atoms with Crippen molar-refractivity contribution < 1.29 is 9.53 Å². The minimum atomic E-state index is -0.342. The Labute approximate surface area is 114 Å². The highest BCUT2D eigenvalue weighted by molar-refractivity contribution is 7.99. The van der Waals surface area contributed by atoms with Gasteiger partial charge in [0.25, 0.3) is 0 Å². The van der Waals surface area contributed by atoms with Gasteiger partial charge in [-0.05, 0) is 30.3 Å². The molecule has 1 heterocycles. The number of methoxy groups -OCH3 is 1. The summed E-state index contributed by atoms with van der Waals surface area (Å²) in [5.74, 6) is -0.342. The van der Waals surface area contributed by atoms with Crippen molar-refractivity contribution in [2.45, 2.75) is 9.79 Å². The van der Waals surface area contributed by atoms with Crippen LogP contribution in [0.15, 0.2) is 52.4 Å². The summed E-state index contributed by atoms with van der Waals surface area (Å²) in [6, 6.07) is 10.9. The van der Waals surface area contributed by atoms with Crippen LogP contribution in [0.2, 0.25) is 5.15 Å². The van der Waals surface area contributed by atoms with E-state index in [0.717, 1.165) is 9.79 Å². The van der Waals surface area contributed by atoms with Gasteiger partial charge in [-0.2, -0.15) is 0 Å². The lowest BCUT2D eigenvalue weighted by Gasteiger charge is -2.04. The minimum absolute atomic E-state index is 0.342. The molecule has 0 atom stereocenters. The Kier molecular flexibility index (Phi) is 4.23. The fourth-order valence-electron chi connectivity index (χ4n) is 1.39. The summed E-state index contributed by atoms with van der Waals surface area (Å²) in [5.41, 5.74) is 0.530. The van der Waals surface area contributed by atoms with E-state index in [-0.39, 0.29) is 5.97 Å². The summed E-state index contributed by atoms with van der Waals surface area (Å²) >= 11 is 7.33. The highest BCUT2D eigenvalue weighted by Gasteiger charge is 2.06. The Morgan fingerprint density at radius 3 is 2.78 bits per heavy atom. The maximum atomic E-state index is 11.4. The molecule has 0 aliphatic rings. The van der Waals surface area contributed by atoms with Gasteiger partial charge in [0, 0.05) is 16.0 Å². The molecule has 0 aliphatic carbocycles. The third-order valence-corrected chi connectivity index (χ3v) is 3.37. The van der Waals surface area contributed by atoms with Crippen molar-refractivity contribution in [2.24, 2.45) is 0 Å². The Balaban J connectivity index is 2.22. The van der Waals surface area contributed by atoms with Crippen LogP contribution < -0.4 is 0 Å². The smallest absolute Gasteiger partial charge is 0.337 e. The molecule has 3 nitrogen and oxygen atoms in total. The van der Waals surface area contributed by atoms with Crippen LogP contribution in [0.4, 0.5) is 0 Å². The summed E-state index contributed by atoms with van der Waals surface area (Å²) in [6.45, 7) is 0. The number of esters is 1. The second-order valence-corrected chi connectivity index (χ2v) is 4.97. The molecule has 5 heteroatoms. The van der Waals surface area contributed by atoms with Gasteiger partial charge in [0.2, 0.25) is 0 Å². The summed E-state index contributed by atoms with van der Waals surface area (Å²) in [7, 11) is 1.37. The van der Waals surface area contributed by atoms with E-state index in [9.17, 15) is 4.79 Å². The van der Waals surface area contributed by atoms with Gasteiger partial charge in [-0.15, -0.1) is 0 Å². The Hall–Kier alpha value is -1.52. The van der Waals surface area contributed by atoms with Crippen LogP contribution >= 0.6 is 23.4 Å². The van der Waals surface area contributed by atoms with Crippen molar-refractivity contribution in [3.63, 3.8) is 0 Å². The minimum Gasteiger partial charge on any atom is -0.465 e. The second kappa shape index (κ2) is 5.89. The first-order chi connectivity index (χ1) is 8.69. The molecule has 1 aromatic heterocycles. The van der Waals surface area contributed by atoms with Gasteiger partial charge >= 0.3 is 5.97 Å². The van der Waals surface area contributed by atoms with Crippen molar-refractivity contribution in [1.29, 1.82) is 0 Å². The summed E-state index contributed by atoms with van der Waals surface area (Å²) < 4.78 is 4.68. The molecule has 0 aliphatic heterocycles. The molecule has 92 valence electrons. The molecule has 0 spiro atoms. The number of carbonyl (C=O) groups is 1. The predicted octanol–water partition coefficient (Wildman–Crippen LogP) is 3.67. The number of pyridine rings is 1. The van der Waals surface area contributed by atoms with Crippen LogP contribution in [0.5, 0.6) is 0 Å². The Morgan fingerprint density at radius 1 is 1.28 bits per heavy atom. The first kappa shape index (κ1) is 12.9. The Bertz CT molecular complexity index is 574. The third kappa shape index (κ3) is 3.24. The van der Waals surface area contributed by atoms with Crippen molar-refractivity contribution in [2.75, 3.05) is 7.11 Å². The van der Waals surface area contributed by atoms with Crippen LogP contribution in [0.1, 0.15) is 10.4 Å². The number of ether oxygens (including phenoxy) is 1. The molecular weight excluding hydrogens is 270 g/mol. The van der Waals surface area contributed by atoms with Gasteiger partial charge in [0.1, 0.15) is 5.15 Å². The van der Waals surface area contributed by atoms with Gasteiger partial charge in [-0.3, -0.25) is 0 Å². The average Bonchev–Trinajstić information content (AvgIpc) is 2.38. The first-order valence-electron chi connectivity index (χ1n) is 5.17. The number of benzene rings is 1. The highest BCUT2D eigenvalue weighted by Crippen LogP contribution is 2.29. The average molecular weight is 280 g/mol. The molecule has 0 N–H and O–H groups in total. The number of nitrogens with zero attached hydrogens (tertiary/aromatic N) is 1. The van der Waals surface area contributed by atoms with Crippen molar-refractivity contribution in [1.82, 2.24) is 4.98 Å². The first-order valence-corrected chi connectivity index (χ1v) is 6.36. The van der Waals surface area contributed by atoms with E-state index in [1.807, 2.05) is 18.2 Å². The zero-order valence-electron chi connectivity index (χ0n) is 9.59. The highest BCUT2D eigenvalue weighted by atomic mass is 35.5. The van der Waals surface area contributed by atoms with E-state index in [4.69, 9.17) is 11.6 Å². The fraction of sp³-hybridized carbons (Fsp3) is 0.0769. The normalized spacial score (nSPS) is 10.1. The fourth-order valence-corrected chi connectivity index (χ4v) is 2.53. The molecule has 0 radical (unpaired) electrons. The maximum absolute atomic E-state index is 11.4. The number of hydrogen-bond acceptors (Lipinski definition) is 4. The van der Waals surface area contributed by atoms with Crippen LogP contribution in [0.3, 0.4) is 0 Å².